The first-order chi connectivity index (χ1) is 7.29. The summed E-state index contributed by atoms with van der Waals surface area (Å²) in [7, 11) is 3.82. The summed E-state index contributed by atoms with van der Waals surface area (Å²) in [5.74, 6) is 0. The number of aryl methyl sites for hydroxylation is 1. The van der Waals surface area contributed by atoms with Crippen LogP contribution in [0.5, 0.6) is 0 Å². The van der Waals surface area contributed by atoms with Crippen LogP contribution in [0.15, 0.2) is 47.6 Å². The Morgan fingerprint density at radius 3 is 2.60 bits per heavy atom. The second-order valence-electron chi connectivity index (χ2n) is 3.56. The molecule has 0 heterocycles. The summed E-state index contributed by atoms with van der Waals surface area (Å²) in [6, 6.07) is 10.5. The van der Waals surface area contributed by atoms with E-state index in [1.54, 1.807) is 5.01 Å². The van der Waals surface area contributed by atoms with Crippen LogP contribution in [0.1, 0.15) is 12.0 Å². The molecule has 0 bridgehead atoms. The SMILES string of the molecule is CN(C)/N=C/C=C/CCc1ccccc1. The molecule has 15 heavy (non-hydrogen) atoms. The molecular formula is C13H18N2. The van der Waals surface area contributed by atoms with Gasteiger partial charge in [0.15, 0.2) is 0 Å². The average Bonchev–Trinajstić information content (AvgIpc) is 2.24. The minimum Gasteiger partial charge on any atom is -0.303 e. The third-order valence-electron chi connectivity index (χ3n) is 1.96. The van der Waals surface area contributed by atoms with Gasteiger partial charge in [-0.1, -0.05) is 36.4 Å². The molecule has 0 amide bonds. The van der Waals surface area contributed by atoms with Crippen LogP contribution in [0.4, 0.5) is 0 Å². The fourth-order valence-corrected chi connectivity index (χ4v) is 1.22. The van der Waals surface area contributed by atoms with Gasteiger partial charge in [0.25, 0.3) is 0 Å². The van der Waals surface area contributed by atoms with Crippen LogP contribution in [-0.2, 0) is 6.42 Å². The molecular weight excluding hydrogens is 184 g/mol. The largest absolute Gasteiger partial charge is 0.303 e. The second-order valence-corrected chi connectivity index (χ2v) is 3.56. The van der Waals surface area contributed by atoms with Gasteiger partial charge < -0.3 is 5.01 Å². The number of benzene rings is 1. The van der Waals surface area contributed by atoms with Crippen molar-refractivity contribution in [3.8, 4) is 0 Å². The van der Waals surface area contributed by atoms with E-state index in [2.05, 4.69) is 35.4 Å². The lowest BCUT2D eigenvalue weighted by Gasteiger charge is -1.99. The molecule has 0 unspecified atom stereocenters. The van der Waals surface area contributed by atoms with Crippen molar-refractivity contribution in [1.29, 1.82) is 0 Å². The fraction of sp³-hybridized carbons (Fsp3) is 0.308. The molecule has 0 aliphatic carbocycles. The van der Waals surface area contributed by atoms with E-state index in [0.29, 0.717) is 0 Å². The van der Waals surface area contributed by atoms with E-state index in [1.165, 1.54) is 5.56 Å². The molecule has 0 aliphatic heterocycles. The highest BCUT2D eigenvalue weighted by molar-refractivity contribution is 5.70. The van der Waals surface area contributed by atoms with Gasteiger partial charge in [-0.2, -0.15) is 5.10 Å². The van der Waals surface area contributed by atoms with Crippen molar-refractivity contribution in [3.63, 3.8) is 0 Å². The van der Waals surface area contributed by atoms with Crippen LogP contribution >= 0.6 is 0 Å². The number of rotatable bonds is 5. The third kappa shape index (κ3) is 5.68. The van der Waals surface area contributed by atoms with E-state index in [0.717, 1.165) is 12.8 Å². The standard InChI is InChI=1S/C13H18N2/c1-15(2)14-12-8-4-7-11-13-9-5-3-6-10-13/h3-6,8-10,12H,7,11H2,1-2H3/b8-4+,14-12+. The Bertz CT molecular complexity index is 313. The van der Waals surface area contributed by atoms with Crippen LogP contribution < -0.4 is 0 Å². The van der Waals surface area contributed by atoms with Gasteiger partial charge in [-0.3, -0.25) is 0 Å². The van der Waals surface area contributed by atoms with Crippen molar-refractivity contribution in [2.45, 2.75) is 12.8 Å². The third-order valence-corrected chi connectivity index (χ3v) is 1.96. The van der Waals surface area contributed by atoms with Crippen LogP contribution in [0.2, 0.25) is 0 Å². The number of hydrazone groups is 1. The zero-order valence-corrected chi connectivity index (χ0v) is 9.43. The molecule has 80 valence electrons. The van der Waals surface area contributed by atoms with E-state index < -0.39 is 0 Å². The molecule has 0 saturated heterocycles. The summed E-state index contributed by atoms with van der Waals surface area (Å²) in [5.41, 5.74) is 1.38. The molecule has 1 rings (SSSR count). The van der Waals surface area contributed by atoms with Crippen LogP contribution in [-0.4, -0.2) is 25.3 Å². The van der Waals surface area contributed by atoms with E-state index in [4.69, 9.17) is 0 Å². The Morgan fingerprint density at radius 2 is 1.93 bits per heavy atom. The first kappa shape index (κ1) is 11.5. The van der Waals surface area contributed by atoms with E-state index >= 15 is 0 Å². The molecule has 1 aromatic carbocycles. The lowest BCUT2D eigenvalue weighted by Crippen LogP contribution is -2.00. The lowest BCUT2D eigenvalue weighted by molar-refractivity contribution is 0.440. The smallest absolute Gasteiger partial charge is 0.0467 e. The summed E-state index contributed by atoms with van der Waals surface area (Å²) in [4.78, 5) is 0. The molecule has 2 nitrogen and oxygen atoms in total. The minimum atomic E-state index is 1.06. The maximum absolute atomic E-state index is 4.09. The van der Waals surface area contributed by atoms with Crippen molar-refractivity contribution in [1.82, 2.24) is 5.01 Å². The highest BCUT2D eigenvalue weighted by Gasteiger charge is 1.87. The Kier molecular flexibility index (Phi) is 5.23. The molecule has 0 saturated carbocycles. The van der Waals surface area contributed by atoms with Gasteiger partial charge in [0.1, 0.15) is 0 Å². The zero-order valence-electron chi connectivity index (χ0n) is 9.43. The molecule has 1 aromatic rings. The summed E-state index contributed by atoms with van der Waals surface area (Å²) >= 11 is 0. The predicted octanol–water partition coefficient (Wildman–Crippen LogP) is 2.72. The number of nitrogens with zero attached hydrogens (tertiary/aromatic N) is 2. The predicted molar refractivity (Wildman–Crippen MR) is 66.1 cm³/mol. The van der Waals surface area contributed by atoms with Crippen molar-refractivity contribution in [2.75, 3.05) is 14.1 Å². The van der Waals surface area contributed by atoms with Crippen molar-refractivity contribution in [2.24, 2.45) is 5.10 Å². The Hall–Kier alpha value is -1.57. The molecule has 0 fully saturated rings. The molecule has 0 atom stereocenters. The minimum absolute atomic E-state index is 1.06. The first-order valence-corrected chi connectivity index (χ1v) is 5.19. The first-order valence-electron chi connectivity index (χ1n) is 5.19. The second kappa shape index (κ2) is 6.82. The zero-order chi connectivity index (χ0) is 10.9. The molecule has 0 aromatic heterocycles. The summed E-state index contributed by atoms with van der Waals surface area (Å²) < 4.78 is 0. The van der Waals surface area contributed by atoms with Gasteiger partial charge in [-0.05, 0) is 24.5 Å². The normalized spacial score (nSPS) is 11.3. The van der Waals surface area contributed by atoms with Gasteiger partial charge in [-0.15, -0.1) is 0 Å². The van der Waals surface area contributed by atoms with Gasteiger partial charge in [-0.25, -0.2) is 0 Å². The fourth-order valence-electron chi connectivity index (χ4n) is 1.22. The Labute approximate surface area is 91.9 Å². The topological polar surface area (TPSA) is 15.6 Å². The highest BCUT2D eigenvalue weighted by Crippen LogP contribution is 2.02. The molecule has 0 aliphatic rings. The lowest BCUT2D eigenvalue weighted by atomic mass is 10.1. The van der Waals surface area contributed by atoms with Gasteiger partial charge in [0.2, 0.25) is 0 Å². The monoisotopic (exact) mass is 202 g/mol. The van der Waals surface area contributed by atoms with Crippen molar-refractivity contribution < 1.29 is 0 Å². The van der Waals surface area contributed by atoms with Crippen LogP contribution in [0, 0.1) is 0 Å². The highest BCUT2D eigenvalue weighted by atomic mass is 15.4. The van der Waals surface area contributed by atoms with Crippen LogP contribution in [0.25, 0.3) is 0 Å². The molecule has 0 N–H and O–H groups in total. The van der Waals surface area contributed by atoms with Crippen molar-refractivity contribution >= 4 is 6.21 Å². The molecule has 2 heteroatoms. The maximum atomic E-state index is 4.09. The van der Waals surface area contributed by atoms with Gasteiger partial charge in [0, 0.05) is 20.3 Å². The Balaban J connectivity index is 2.22. The van der Waals surface area contributed by atoms with Crippen LogP contribution in [0.3, 0.4) is 0 Å². The molecule has 0 radical (unpaired) electrons. The number of allylic oxidation sites excluding steroid dienone is 2. The Morgan fingerprint density at radius 1 is 1.20 bits per heavy atom. The maximum Gasteiger partial charge on any atom is 0.0467 e. The summed E-state index contributed by atoms with van der Waals surface area (Å²) in [6.45, 7) is 0. The molecule has 0 spiro atoms. The van der Waals surface area contributed by atoms with Gasteiger partial charge >= 0.3 is 0 Å². The van der Waals surface area contributed by atoms with E-state index in [9.17, 15) is 0 Å². The van der Waals surface area contributed by atoms with E-state index in [1.807, 2.05) is 32.5 Å². The number of hydrogen-bond donors (Lipinski definition) is 0. The quantitative estimate of drug-likeness (QED) is 0.529. The number of hydrogen-bond acceptors (Lipinski definition) is 2. The average molecular weight is 202 g/mol. The summed E-state index contributed by atoms with van der Waals surface area (Å²) in [6.07, 6.45) is 8.09. The summed E-state index contributed by atoms with van der Waals surface area (Å²) in [5, 5.41) is 5.87. The van der Waals surface area contributed by atoms with E-state index in [-0.39, 0.29) is 0 Å². The van der Waals surface area contributed by atoms with Gasteiger partial charge in [0.05, 0.1) is 0 Å². The van der Waals surface area contributed by atoms with Crippen molar-refractivity contribution in [3.05, 3.63) is 48.0 Å².